The van der Waals surface area contributed by atoms with E-state index in [9.17, 15) is 9.59 Å². The zero-order chi connectivity index (χ0) is 27.0. The Balaban J connectivity index is 1.70. The quantitative estimate of drug-likeness (QED) is 0.321. The minimum Gasteiger partial charge on any atom is -0.354 e. The lowest BCUT2D eigenvalue weighted by molar-refractivity contribution is -0.120. The van der Waals surface area contributed by atoms with Gasteiger partial charge in [0.05, 0.1) is 5.25 Å². The first kappa shape index (κ1) is 29.4. The molecule has 1 atom stereocenters. The summed E-state index contributed by atoms with van der Waals surface area (Å²) in [7, 11) is 1.77. The van der Waals surface area contributed by atoms with Gasteiger partial charge in [-0.25, -0.2) is 4.98 Å². The minimum atomic E-state index is -0.255. The Morgan fingerprint density at radius 2 is 1.81 bits per heavy atom. The molecule has 0 aliphatic carbocycles. The van der Waals surface area contributed by atoms with E-state index in [1.54, 1.807) is 11.6 Å². The molecule has 1 aromatic heterocycles. The molecule has 37 heavy (non-hydrogen) atoms. The van der Waals surface area contributed by atoms with E-state index in [0.717, 1.165) is 50.2 Å². The summed E-state index contributed by atoms with van der Waals surface area (Å²) >= 11 is 1.42. The van der Waals surface area contributed by atoms with Gasteiger partial charge in [0.2, 0.25) is 5.91 Å². The number of piperidine rings is 1. The zero-order valence-electron chi connectivity index (χ0n) is 23.7. The van der Waals surface area contributed by atoms with E-state index < -0.39 is 0 Å². The van der Waals surface area contributed by atoms with E-state index in [-0.39, 0.29) is 22.1 Å². The van der Waals surface area contributed by atoms with Crippen LogP contribution in [-0.2, 0) is 23.7 Å². The monoisotopic (exact) mass is 526 g/mol. The number of benzene rings is 1. The Labute approximate surface area is 227 Å². The normalized spacial score (nSPS) is 15.5. The van der Waals surface area contributed by atoms with Crippen LogP contribution in [0.1, 0.15) is 88.6 Å². The third-order valence-electron chi connectivity index (χ3n) is 7.29. The molecule has 7 heteroatoms. The largest absolute Gasteiger partial charge is 0.354 e. The zero-order valence-corrected chi connectivity index (χ0v) is 24.5. The van der Waals surface area contributed by atoms with Crippen LogP contribution >= 0.6 is 11.8 Å². The number of thioether (sulfide) groups is 1. The molecule has 204 valence electrons. The van der Waals surface area contributed by atoms with Crippen molar-refractivity contribution in [2.75, 3.05) is 26.2 Å². The van der Waals surface area contributed by atoms with Gasteiger partial charge in [-0.2, -0.15) is 0 Å². The van der Waals surface area contributed by atoms with Crippen LogP contribution in [0, 0.1) is 6.92 Å². The fourth-order valence-corrected chi connectivity index (χ4v) is 5.92. The molecule has 1 amide bonds. The Morgan fingerprint density at radius 1 is 1.14 bits per heavy atom. The lowest BCUT2D eigenvalue weighted by Crippen LogP contribution is -2.40. The molecule has 6 nitrogen and oxygen atoms in total. The van der Waals surface area contributed by atoms with E-state index in [4.69, 9.17) is 4.98 Å². The minimum absolute atomic E-state index is 0.0327. The number of carbonyl (C=O) groups is 1. The SMILES string of the molecule is CCCCC(Sc1nc(C)c(Cc2ccc(C(C)(C)C)cc2)c(=O)n1C)C(=O)NCCN1CCCCC1. The van der Waals surface area contributed by atoms with Crippen LogP contribution in [0.2, 0.25) is 0 Å². The highest BCUT2D eigenvalue weighted by molar-refractivity contribution is 8.00. The van der Waals surface area contributed by atoms with Gasteiger partial charge in [0.25, 0.3) is 5.56 Å². The molecule has 0 bridgehead atoms. The summed E-state index contributed by atoms with van der Waals surface area (Å²) in [6, 6.07) is 8.51. The Morgan fingerprint density at radius 3 is 2.43 bits per heavy atom. The number of aryl methyl sites for hydroxylation is 1. The van der Waals surface area contributed by atoms with Crippen LogP contribution in [-0.4, -0.2) is 51.8 Å². The predicted octanol–water partition coefficient (Wildman–Crippen LogP) is 5.23. The molecule has 2 heterocycles. The third-order valence-corrected chi connectivity index (χ3v) is 8.60. The number of nitrogens with zero attached hydrogens (tertiary/aromatic N) is 3. The standard InChI is InChI=1S/C30H46N4O2S/c1-7-8-12-26(27(35)31-17-20-34-18-10-9-11-19-34)37-29-32-22(2)25(28(36)33(29)6)21-23-13-15-24(16-14-23)30(3,4)5/h13-16,26H,7-12,17-21H2,1-6H3,(H,31,35). The van der Waals surface area contributed by atoms with Gasteiger partial charge >= 0.3 is 0 Å². The second-order valence-corrected chi connectivity index (χ2v) is 12.6. The number of carbonyl (C=O) groups excluding carboxylic acids is 1. The van der Waals surface area contributed by atoms with E-state index in [1.807, 2.05) is 6.92 Å². The maximum atomic E-state index is 13.4. The number of hydrogen-bond donors (Lipinski definition) is 1. The first-order valence-electron chi connectivity index (χ1n) is 13.9. The molecule has 1 aliphatic rings. The lowest BCUT2D eigenvalue weighted by Gasteiger charge is -2.26. The molecule has 1 N–H and O–H groups in total. The summed E-state index contributed by atoms with van der Waals surface area (Å²) in [5.41, 5.74) is 3.90. The van der Waals surface area contributed by atoms with Crippen molar-refractivity contribution in [1.29, 1.82) is 0 Å². The number of unbranched alkanes of at least 4 members (excludes halogenated alkanes) is 1. The molecular formula is C30H46N4O2S. The van der Waals surface area contributed by atoms with Crippen LogP contribution in [0.4, 0.5) is 0 Å². The predicted molar refractivity (Wildman–Crippen MR) is 155 cm³/mol. The maximum absolute atomic E-state index is 13.4. The van der Waals surface area contributed by atoms with Crippen molar-refractivity contribution in [1.82, 2.24) is 19.8 Å². The molecular weight excluding hydrogens is 480 g/mol. The second-order valence-electron chi connectivity index (χ2n) is 11.4. The average molecular weight is 527 g/mol. The van der Waals surface area contributed by atoms with Crippen LogP contribution in [0.5, 0.6) is 0 Å². The molecule has 3 rings (SSSR count). The van der Waals surface area contributed by atoms with Crippen molar-refractivity contribution in [2.45, 2.75) is 95.4 Å². The number of rotatable bonds is 11. The molecule has 1 unspecified atom stereocenters. The van der Waals surface area contributed by atoms with Gasteiger partial charge < -0.3 is 10.2 Å². The lowest BCUT2D eigenvalue weighted by atomic mass is 9.86. The number of aromatic nitrogens is 2. The molecule has 0 radical (unpaired) electrons. The average Bonchev–Trinajstić information content (AvgIpc) is 2.87. The van der Waals surface area contributed by atoms with Crippen molar-refractivity contribution in [2.24, 2.45) is 7.05 Å². The third kappa shape index (κ3) is 8.44. The van der Waals surface area contributed by atoms with Crippen molar-refractivity contribution < 1.29 is 4.79 Å². The first-order chi connectivity index (χ1) is 17.6. The van der Waals surface area contributed by atoms with Crippen LogP contribution in [0.15, 0.2) is 34.2 Å². The fourth-order valence-electron chi connectivity index (χ4n) is 4.76. The Hall–Kier alpha value is -2.12. The first-order valence-corrected chi connectivity index (χ1v) is 14.8. The van der Waals surface area contributed by atoms with E-state index in [0.29, 0.717) is 23.7 Å². The second kappa shape index (κ2) is 13.6. The van der Waals surface area contributed by atoms with Crippen molar-refractivity contribution in [3.63, 3.8) is 0 Å². The number of nitrogens with one attached hydrogen (secondary N) is 1. The van der Waals surface area contributed by atoms with E-state index in [1.165, 1.54) is 36.6 Å². The van der Waals surface area contributed by atoms with Crippen LogP contribution < -0.4 is 10.9 Å². The van der Waals surface area contributed by atoms with Gasteiger partial charge in [-0.3, -0.25) is 14.2 Å². The molecule has 0 saturated carbocycles. The van der Waals surface area contributed by atoms with Crippen molar-refractivity contribution in [3.8, 4) is 0 Å². The number of likely N-dealkylation sites (tertiary alicyclic amines) is 1. The van der Waals surface area contributed by atoms with Crippen molar-refractivity contribution in [3.05, 3.63) is 57.0 Å². The van der Waals surface area contributed by atoms with Gasteiger partial charge in [-0.15, -0.1) is 0 Å². The van der Waals surface area contributed by atoms with Crippen LogP contribution in [0.3, 0.4) is 0 Å². The fraction of sp³-hybridized carbons (Fsp3) is 0.633. The van der Waals surface area contributed by atoms with E-state index in [2.05, 4.69) is 62.2 Å². The van der Waals surface area contributed by atoms with Gasteiger partial charge in [0.15, 0.2) is 5.16 Å². The Bertz CT molecular complexity index is 1080. The molecule has 1 aromatic carbocycles. The maximum Gasteiger partial charge on any atom is 0.257 e. The summed E-state index contributed by atoms with van der Waals surface area (Å²) in [5, 5.41) is 3.51. The van der Waals surface area contributed by atoms with Gasteiger partial charge in [0.1, 0.15) is 0 Å². The van der Waals surface area contributed by atoms with Gasteiger partial charge in [-0.05, 0) is 55.8 Å². The molecule has 1 fully saturated rings. The Kier molecular flexibility index (Phi) is 10.8. The number of amides is 1. The molecule has 2 aromatic rings. The van der Waals surface area contributed by atoms with Gasteiger partial charge in [-0.1, -0.05) is 83.0 Å². The summed E-state index contributed by atoms with van der Waals surface area (Å²) in [6.45, 7) is 14.5. The molecule has 0 spiro atoms. The summed E-state index contributed by atoms with van der Waals surface area (Å²) < 4.78 is 1.62. The van der Waals surface area contributed by atoms with Crippen LogP contribution in [0.25, 0.3) is 0 Å². The highest BCUT2D eigenvalue weighted by atomic mass is 32.2. The summed E-state index contributed by atoms with van der Waals surface area (Å²) in [4.78, 5) is 33.7. The molecule has 1 aliphatic heterocycles. The molecule has 1 saturated heterocycles. The topological polar surface area (TPSA) is 67.2 Å². The highest BCUT2D eigenvalue weighted by Gasteiger charge is 2.23. The number of hydrogen-bond acceptors (Lipinski definition) is 5. The summed E-state index contributed by atoms with van der Waals surface area (Å²) in [5.74, 6) is 0.0466. The highest BCUT2D eigenvalue weighted by Crippen LogP contribution is 2.26. The summed E-state index contributed by atoms with van der Waals surface area (Å²) in [6.07, 6.45) is 7.13. The van der Waals surface area contributed by atoms with E-state index >= 15 is 0 Å². The smallest absolute Gasteiger partial charge is 0.257 e. The van der Waals surface area contributed by atoms with Gasteiger partial charge in [0, 0.05) is 37.8 Å². The van der Waals surface area contributed by atoms with Crippen molar-refractivity contribution >= 4 is 17.7 Å².